The van der Waals surface area contributed by atoms with Crippen molar-refractivity contribution in [1.82, 2.24) is 0 Å². The van der Waals surface area contributed by atoms with E-state index in [2.05, 4.69) is 93.7 Å². The number of rotatable bonds is 49. The zero-order valence-corrected chi connectivity index (χ0v) is 42.7. The summed E-state index contributed by atoms with van der Waals surface area (Å²) in [6.45, 7) is 6.45. The molecule has 0 spiro atoms. The molecular formula is C59H102O6. The van der Waals surface area contributed by atoms with Gasteiger partial charge in [-0.25, -0.2) is 0 Å². The van der Waals surface area contributed by atoms with E-state index in [4.69, 9.17) is 14.2 Å². The number of carbonyl (C=O) groups is 3. The SMILES string of the molecule is CC/C=C\C/C=C\C/C=C\CCCCCCCCCCCC(=O)OCC(COC(=O)CCC/C=C\CCCCCC)OC(=O)CCCCCCCCCCCC/C=C\C=C/CCCCC. The molecule has 0 fully saturated rings. The van der Waals surface area contributed by atoms with Crippen molar-refractivity contribution in [3.05, 3.63) is 72.9 Å². The minimum absolute atomic E-state index is 0.0877. The molecule has 0 aromatic rings. The van der Waals surface area contributed by atoms with Crippen molar-refractivity contribution >= 4 is 17.9 Å². The Kier molecular flexibility index (Phi) is 50.9. The van der Waals surface area contributed by atoms with E-state index < -0.39 is 6.10 Å². The van der Waals surface area contributed by atoms with E-state index in [1.165, 1.54) is 148 Å². The van der Waals surface area contributed by atoms with Gasteiger partial charge in [0.1, 0.15) is 13.2 Å². The van der Waals surface area contributed by atoms with Crippen molar-refractivity contribution in [2.24, 2.45) is 0 Å². The van der Waals surface area contributed by atoms with Crippen LogP contribution < -0.4 is 0 Å². The zero-order valence-electron chi connectivity index (χ0n) is 42.7. The van der Waals surface area contributed by atoms with Crippen LogP contribution in [0.4, 0.5) is 0 Å². The van der Waals surface area contributed by atoms with Crippen LogP contribution in [0.25, 0.3) is 0 Å². The zero-order chi connectivity index (χ0) is 47.2. The molecule has 1 atom stereocenters. The highest BCUT2D eigenvalue weighted by molar-refractivity contribution is 5.71. The highest BCUT2D eigenvalue weighted by atomic mass is 16.6. The standard InChI is InChI=1S/C59H102O6/c1-4-7-10-13-16-19-21-23-25-27-29-31-33-35-37-40-43-46-49-52-58(61)64-55-56(54-63-57(60)51-48-45-42-39-18-15-12-9-6-3)65-59(62)53-50-47-44-41-38-36-34-32-30-28-26-24-22-20-17-14-11-8-5-2/h7,10,16-17,19-20,22-25,39,42,56H,4-6,8-9,11-15,18,21,26-38,40-41,43-55H2,1-3H3/b10-7-,19-16-,20-17-,24-22-,25-23-,42-39-. The lowest BCUT2D eigenvalue weighted by molar-refractivity contribution is -0.167. The van der Waals surface area contributed by atoms with E-state index in [9.17, 15) is 14.4 Å². The normalized spacial score (nSPS) is 12.6. The lowest BCUT2D eigenvalue weighted by Crippen LogP contribution is -2.30. The Labute approximate surface area is 402 Å². The largest absolute Gasteiger partial charge is 0.462 e. The van der Waals surface area contributed by atoms with Gasteiger partial charge in [-0.3, -0.25) is 14.4 Å². The first kappa shape index (κ1) is 61.9. The maximum atomic E-state index is 12.8. The van der Waals surface area contributed by atoms with Crippen LogP contribution >= 0.6 is 0 Å². The molecule has 374 valence electrons. The van der Waals surface area contributed by atoms with Crippen LogP contribution in [0.15, 0.2) is 72.9 Å². The second-order valence-corrected chi connectivity index (χ2v) is 18.1. The van der Waals surface area contributed by atoms with E-state index in [1.807, 2.05) is 0 Å². The predicted octanol–water partition coefficient (Wildman–Crippen LogP) is 18.2. The van der Waals surface area contributed by atoms with E-state index in [1.54, 1.807) is 0 Å². The first-order chi connectivity index (χ1) is 32.0. The van der Waals surface area contributed by atoms with Crippen molar-refractivity contribution < 1.29 is 28.6 Å². The second-order valence-electron chi connectivity index (χ2n) is 18.1. The van der Waals surface area contributed by atoms with Gasteiger partial charge in [0.05, 0.1) is 0 Å². The minimum atomic E-state index is -0.789. The third-order valence-corrected chi connectivity index (χ3v) is 11.7. The van der Waals surface area contributed by atoms with Gasteiger partial charge in [-0.15, -0.1) is 0 Å². The van der Waals surface area contributed by atoms with E-state index in [0.29, 0.717) is 25.7 Å². The molecule has 0 saturated carbocycles. The Balaban J connectivity index is 4.31. The smallest absolute Gasteiger partial charge is 0.306 e. The molecule has 0 N–H and O–H groups in total. The van der Waals surface area contributed by atoms with Crippen molar-refractivity contribution in [3.63, 3.8) is 0 Å². The maximum Gasteiger partial charge on any atom is 0.306 e. The molecule has 0 aromatic heterocycles. The average Bonchev–Trinajstić information content (AvgIpc) is 3.30. The fourth-order valence-electron chi connectivity index (χ4n) is 7.57. The van der Waals surface area contributed by atoms with Gasteiger partial charge in [-0.1, -0.05) is 222 Å². The Bertz CT molecular complexity index is 1230. The molecule has 0 saturated heterocycles. The summed E-state index contributed by atoms with van der Waals surface area (Å²) in [4.78, 5) is 38.0. The number of unbranched alkanes of at least 4 members (excludes halogenated alkanes) is 27. The molecule has 0 aliphatic rings. The highest BCUT2D eigenvalue weighted by Gasteiger charge is 2.19. The van der Waals surface area contributed by atoms with Gasteiger partial charge in [0.2, 0.25) is 0 Å². The molecule has 0 rings (SSSR count). The number of carbonyl (C=O) groups excluding carboxylic acids is 3. The van der Waals surface area contributed by atoms with Crippen LogP contribution in [0.2, 0.25) is 0 Å². The van der Waals surface area contributed by atoms with Gasteiger partial charge in [0.25, 0.3) is 0 Å². The van der Waals surface area contributed by atoms with Crippen LogP contribution in [0, 0.1) is 0 Å². The van der Waals surface area contributed by atoms with Crippen molar-refractivity contribution in [2.75, 3.05) is 13.2 Å². The Morgan fingerprint density at radius 2 is 0.662 bits per heavy atom. The topological polar surface area (TPSA) is 78.9 Å². The molecule has 65 heavy (non-hydrogen) atoms. The van der Waals surface area contributed by atoms with Crippen LogP contribution in [-0.4, -0.2) is 37.2 Å². The molecule has 6 heteroatoms. The molecular weight excluding hydrogens is 805 g/mol. The maximum absolute atomic E-state index is 12.8. The number of hydrogen-bond acceptors (Lipinski definition) is 6. The van der Waals surface area contributed by atoms with E-state index in [0.717, 1.165) is 70.6 Å². The average molecular weight is 907 g/mol. The van der Waals surface area contributed by atoms with Gasteiger partial charge >= 0.3 is 17.9 Å². The van der Waals surface area contributed by atoms with Crippen LogP contribution in [0.3, 0.4) is 0 Å². The molecule has 0 bridgehead atoms. The third-order valence-electron chi connectivity index (χ3n) is 11.7. The molecule has 0 aliphatic heterocycles. The second kappa shape index (κ2) is 53.5. The van der Waals surface area contributed by atoms with Crippen LogP contribution in [0.1, 0.15) is 265 Å². The summed E-state index contributed by atoms with van der Waals surface area (Å²) in [6, 6.07) is 0. The van der Waals surface area contributed by atoms with Crippen molar-refractivity contribution in [1.29, 1.82) is 0 Å². The van der Waals surface area contributed by atoms with Gasteiger partial charge in [0, 0.05) is 19.3 Å². The minimum Gasteiger partial charge on any atom is -0.462 e. The monoisotopic (exact) mass is 907 g/mol. The molecule has 0 radical (unpaired) electrons. The van der Waals surface area contributed by atoms with E-state index in [-0.39, 0.29) is 31.1 Å². The van der Waals surface area contributed by atoms with E-state index >= 15 is 0 Å². The summed E-state index contributed by atoms with van der Waals surface area (Å²) in [5, 5.41) is 0. The van der Waals surface area contributed by atoms with Gasteiger partial charge < -0.3 is 14.2 Å². The fraction of sp³-hybridized carbons (Fsp3) is 0.746. The fourth-order valence-corrected chi connectivity index (χ4v) is 7.57. The van der Waals surface area contributed by atoms with Gasteiger partial charge in [0.15, 0.2) is 6.10 Å². The Morgan fingerprint density at radius 1 is 0.338 bits per heavy atom. The van der Waals surface area contributed by atoms with Gasteiger partial charge in [-0.05, 0) is 96.3 Å². The summed E-state index contributed by atoms with van der Waals surface area (Å²) in [5.41, 5.74) is 0. The lowest BCUT2D eigenvalue weighted by atomic mass is 10.1. The summed E-state index contributed by atoms with van der Waals surface area (Å²) in [5.74, 6) is -0.929. The molecule has 6 nitrogen and oxygen atoms in total. The number of hydrogen-bond donors (Lipinski definition) is 0. The van der Waals surface area contributed by atoms with Crippen molar-refractivity contribution in [2.45, 2.75) is 271 Å². The molecule has 1 unspecified atom stereocenters. The first-order valence-electron chi connectivity index (χ1n) is 27.5. The predicted molar refractivity (Wildman–Crippen MR) is 279 cm³/mol. The molecule has 0 aliphatic carbocycles. The third kappa shape index (κ3) is 51.7. The Morgan fingerprint density at radius 3 is 1.14 bits per heavy atom. The first-order valence-corrected chi connectivity index (χ1v) is 27.5. The summed E-state index contributed by atoms with van der Waals surface area (Å²) < 4.78 is 16.8. The molecule has 0 aromatic carbocycles. The number of esters is 3. The molecule has 0 heterocycles. The summed E-state index contributed by atoms with van der Waals surface area (Å²) in [7, 11) is 0. The number of ether oxygens (including phenoxy) is 3. The molecule has 0 amide bonds. The highest BCUT2D eigenvalue weighted by Crippen LogP contribution is 2.15. The summed E-state index contributed by atoms with van der Waals surface area (Å²) in [6.07, 6.45) is 67.6. The van der Waals surface area contributed by atoms with Gasteiger partial charge in [-0.2, -0.15) is 0 Å². The van der Waals surface area contributed by atoms with Crippen LogP contribution in [0.5, 0.6) is 0 Å². The summed E-state index contributed by atoms with van der Waals surface area (Å²) >= 11 is 0. The Hall–Kier alpha value is -3.15. The quantitative estimate of drug-likeness (QED) is 0.0199. The lowest BCUT2D eigenvalue weighted by Gasteiger charge is -2.18. The van der Waals surface area contributed by atoms with Crippen molar-refractivity contribution in [3.8, 4) is 0 Å². The number of allylic oxidation sites excluding steroid dienone is 12. The van der Waals surface area contributed by atoms with Crippen LogP contribution in [-0.2, 0) is 28.6 Å².